The molecule has 0 radical (unpaired) electrons. The third kappa shape index (κ3) is 3.65. The van der Waals surface area contributed by atoms with Crippen molar-refractivity contribution in [2.45, 2.75) is 18.6 Å². The lowest BCUT2D eigenvalue weighted by molar-refractivity contribution is -0.115. The van der Waals surface area contributed by atoms with E-state index in [-0.39, 0.29) is 11.2 Å². The van der Waals surface area contributed by atoms with Gasteiger partial charge in [-0.25, -0.2) is 0 Å². The first-order valence-corrected chi connectivity index (χ1v) is 9.26. The van der Waals surface area contributed by atoms with E-state index < -0.39 is 0 Å². The molecule has 22 heavy (non-hydrogen) atoms. The first kappa shape index (κ1) is 15.4. The second-order valence-electron chi connectivity index (χ2n) is 5.06. The van der Waals surface area contributed by atoms with Gasteiger partial charge in [0.2, 0.25) is 5.91 Å². The maximum Gasteiger partial charge on any atom is 0.237 e. The molecule has 1 heterocycles. The number of thioether (sulfide) groups is 2. The number of aliphatic imine (C=N–C) groups is 1. The van der Waals surface area contributed by atoms with Gasteiger partial charge in [-0.3, -0.25) is 9.79 Å². The van der Waals surface area contributed by atoms with E-state index in [1.165, 1.54) is 5.39 Å². The molecule has 3 rings (SSSR count). The van der Waals surface area contributed by atoms with Gasteiger partial charge < -0.3 is 5.32 Å². The summed E-state index contributed by atoms with van der Waals surface area (Å²) in [6.07, 6.45) is 0.795. The molecule has 1 atom stereocenters. The summed E-state index contributed by atoms with van der Waals surface area (Å²) in [5.41, 5.74) is 0.851. The third-order valence-electron chi connectivity index (χ3n) is 3.48. The standard InChI is InChI=1S/C17H18N2OS2/c1-2-15(22-17-18-9-10-21-17)16(20)19-14-8-7-12-5-3-4-6-13(12)11-14/h3-8,11,15H,2,9-10H2,1H3,(H,19,20). The second-order valence-corrected chi connectivity index (χ2v) is 7.60. The van der Waals surface area contributed by atoms with Crippen LogP contribution in [-0.4, -0.2) is 27.8 Å². The van der Waals surface area contributed by atoms with E-state index in [2.05, 4.69) is 22.4 Å². The summed E-state index contributed by atoms with van der Waals surface area (Å²) < 4.78 is 1.04. The Morgan fingerprint density at radius 2 is 2.14 bits per heavy atom. The monoisotopic (exact) mass is 330 g/mol. The SMILES string of the molecule is CCC(SC1=NCCS1)C(=O)Nc1ccc2ccccc2c1. The predicted octanol–water partition coefficient (Wildman–Crippen LogP) is 4.39. The number of carbonyl (C=O) groups is 1. The van der Waals surface area contributed by atoms with Gasteiger partial charge in [0, 0.05) is 11.4 Å². The van der Waals surface area contributed by atoms with Gasteiger partial charge in [-0.05, 0) is 29.3 Å². The number of hydrogen-bond acceptors (Lipinski definition) is 4. The Bertz CT molecular complexity index is 715. The molecule has 1 aliphatic heterocycles. The molecule has 0 bridgehead atoms. The van der Waals surface area contributed by atoms with Crippen LogP contribution in [-0.2, 0) is 4.79 Å². The fourth-order valence-electron chi connectivity index (χ4n) is 2.32. The van der Waals surface area contributed by atoms with Gasteiger partial charge in [0.05, 0.1) is 11.8 Å². The van der Waals surface area contributed by atoms with Crippen molar-refractivity contribution in [2.75, 3.05) is 17.6 Å². The molecule has 1 aliphatic rings. The summed E-state index contributed by atoms with van der Waals surface area (Å²) in [6, 6.07) is 14.2. The van der Waals surface area contributed by atoms with Gasteiger partial charge in [0.25, 0.3) is 0 Å². The maximum absolute atomic E-state index is 12.5. The lowest BCUT2D eigenvalue weighted by Gasteiger charge is -2.14. The van der Waals surface area contributed by atoms with Crippen molar-refractivity contribution in [3.8, 4) is 0 Å². The summed E-state index contributed by atoms with van der Waals surface area (Å²) in [7, 11) is 0. The maximum atomic E-state index is 12.5. The number of nitrogens with one attached hydrogen (secondary N) is 1. The zero-order valence-electron chi connectivity index (χ0n) is 12.4. The van der Waals surface area contributed by atoms with Gasteiger partial charge >= 0.3 is 0 Å². The molecular formula is C17H18N2OS2. The Morgan fingerprint density at radius 3 is 2.86 bits per heavy atom. The lowest BCUT2D eigenvalue weighted by Crippen LogP contribution is -2.25. The molecule has 0 aromatic heterocycles. The van der Waals surface area contributed by atoms with Crippen LogP contribution in [0.1, 0.15) is 13.3 Å². The Hall–Kier alpha value is -1.46. The molecule has 0 saturated heterocycles. The molecule has 1 unspecified atom stereocenters. The van der Waals surface area contributed by atoms with Crippen molar-refractivity contribution >= 4 is 50.3 Å². The number of hydrogen-bond donors (Lipinski definition) is 1. The number of amides is 1. The molecule has 0 fully saturated rings. The van der Waals surface area contributed by atoms with Crippen LogP contribution in [0.2, 0.25) is 0 Å². The van der Waals surface area contributed by atoms with Crippen molar-refractivity contribution in [3.05, 3.63) is 42.5 Å². The third-order valence-corrected chi connectivity index (χ3v) is 6.05. The van der Waals surface area contributed by atoms with E-state index in [0.29, 0.717) is 0 Å². The van der Waals surface area contributed by atoms with Crippen LogP contribution >= 0.6 is 23.5 Å². The summed E-state index contributed by atoms with van der Waals surface area (Å²) in [5, 5.41) is 5.26. The summed E-state index contributed by atoms with van der Waals surface area (Å²) in [4.78, 5) is 16.9. The van der Waals surface area contributed by atoms with Crippen molar-refractivity contribution < 1.29 is 4.79 Å². The Balaban J connectivity index is 1.70. The van der Waals surface area contributed by atoms with Crippen LogP contribution in [0.25, 0.3) is 10.8 Å². The summed E-state index contributed by atoms with van der Waals surface area (Å²) >= 11 is 3.33. The first-order valence-electron chi connectivity index (χ1n) is 7.40. The minimum Gasteiger partial charge on any atom is -0.325 e. The van der Waals surface area contributed by atoms with Gasteiger partial charge in [0.1, 0.15) is 4.38 Å². The van der Waals surface area contributed by atoms with Crippen LogP contribution in [0, 0.1) is 0 Å². The van der Waals surface area contributed by atoms with Crippen LogP contribution in [0.15, 0.2) is 47.5 Å². The molecule has 114 valence electrons. The quantitative estimate of drug-likeness (QED) is 0.904. The molecule has 5 heteroatoms. The number of fused-ring (bicyclic) bond motifs is 1. The minimum atomic E-state index is -0.0872. The predicted molar refractivity (Wildman–Crippen MR) is 99.0 cm³/mol. The minimum absolute atomic E-state index is 0.0537. The number of anilines is 1. The molecular weight excluding hydrogens is 312 g/mol. The van der Waals surface area contributed by atoms with E-state index in [0.717, 1.165) is 34.2 Å². The zero-order valence-corrected chi connectivity index (χ0v) is 14.0. The normalized spacial score (nSPS) is 15.6. The molecule has 2 aromatic rings. The molecule has 1 amide bonds. The van der Waals surface area contributed by atoms with Crippen LogP contribution in [0.3, 0.4) is 0 Å². The van der Waals surface area contributed by atoms with E-state index in [1.54, 1.807) is 23.5 Å². The van der Waals surface area contributed by atoms with Crippen LogP contribution in [0.4, 0.5) is 5.69 Å². The highest BCUT2D eigenvalue weighted by atomic mass is 32.2. The fraction of sp³-hybridized carbons (Fsp3) is 0.294. The Kier molecular flexibility index (Phi) is 5.05. The lowest BCUT2D eigenvalue weighted by atomic mass is 10.1. The first-order chi connectivity index (χ1) is 10.8. The Labute approximate surface area is 139 Å². The molecule has 0 saturated carbocycles. The topological polar surface area (TPSA) is 41.5 Å². The largest absolute Gasteiger partial charge is 0.325 e. The van der Waals surface area contributed by atoms with Gasteiger partial charge in [-0.15, -0.1) is 0 Å². The summed E-state index contributed by atoms with van der Waals surface area (Å²) in [6.45, 7) is 2.91. The van der Waals surface area contributed by atoms with E-state index in [1.807, 2.05) is 37.3 Å². The van der Waals surface area contributed by atoms with Crippen molar-refractivity contribution in [1.29, 1.82) is 0 Å². The molecule has 1 N–H and O–H groups in total. The van der Waals surface area contributed by atoms with Crippen molar-refractivity contribution in [1.82, 2.24) is 0 Å². The zero-order chi connectivity index (χ0) is 15.4. The second kappa shape index (κ2) is 7.20. The fourth-order valence-corrected chi connectivity index (χ4v) is 4.47. The van der Waals surface area contributed by atoms with Gasteiger partial charge in [0.15, 0.2) is 0 Å². The average molecular weight is 330 g/mol. The van der Waals surface area contributed by atoms with E-state index in [4.69, 9.17) is 0 Å². The smallest absolute Gasteiger partial charge is 0.237 e. The van der Waals surface area contributed by atoms with Crippen LogP contribution in [0.5, 0.6) is 0 Å². The number of rotatable bonds is 4. The van der Waals surface area contributed by atoms with Gasteiger partial charge in [-0.2, -0.15) is 0 Å². The summed E-state index contributed by atoms with van der Waals surface area (Å²) in [5.74, 6) is 1.09. The van der Waals surface area contributed by atoms with E-state index in [9.17, 15) is 4.79 Å². The van der Waals surface area contributed by atoms with E-state index >= 15 is 0 Å². The number of benzene rings is 2. The number of carbonyl (C=O) groups excluding carboxylic acids is 1. The molecule has 0 aliphatic carbocycles. The van der Waals surface area contributed by atoms with Crippen LogP contribution < -0.4 is 5.32 Å². The highest BCUT2D eigenvalue weighted by Gasteiger charge is 2.21. The highest BCUT2D eigenvalue weighted by molar-refractivity contribution is 8.39. The average Bonchev–Trinajstić information content (AvgIpc) is 3.05. The molecule has 0 spiro atoms. The van der Waals surface area contributed by atoms with Crippen molar-refractivity contribution in [3.63, 3.8) is 0 Å². The highest BCUT2D eigenvalue weighted by Crippen LogP contribution is 2.28. The van der Waals surface area contributed by atoms with Crippen molar-refractivity contribution in [2.24, 2.45) is 4.99 Å². The van der Waals surface area contributed by atoms with Gasteiger partial charge in [-0.1, -0.05) is 60.8 Å². The Morgan fingerprint density at radius 1 is 1.32 bits per heavy atom. The molecule has 2 aromatic carbocycles. The number of nitrogens with zero attached hydrogens (tertiary/aromatic N) is 1. The molecule has 3 nitrogen and oxygen atoms in total.